The molecule has 0 bridgehead atoms. The number of hydrogen-bond acceptors (Lipinski definition) is 10. The van der Waals surface area contributed by atoms with Gasteiger partial charge in [-0.15, -0.1) is 0 Å². The molecular weight excluding hydrogens is 586 g/mol. The number of methoxy groups -OCH3 is 3. The van der Waals surface area contributed by atoms with Crippen LogP contribution in [-0.2, 0) is 22.6 Å². The number of nitro groups is 1. The van der Waals surface area contributed by atoms with Gasteiger partial charge in [-0.2, -0.15) is 9.78 Å². The highest BCUT2D eigenvalue weighted by molar-refractivity contribution is 6.01. The number of aromatic nitrogens is 4. The zero-order valence-corrected chi connectivity index (χ0v) is 25.3. The van der Waals surface area contributed by atoms with Crippen LogP contribution in [0.25, 0.3) is 0 Å². The third-order valence-corrected chi connectivity index (χ3v) is 6.83. The average molecular weight is 620 g/mol. The van der Waals surface area contributed by atoms with Crippen molar-refractivity contribution in [2.45, 2.75) is 33.0 Å². The van der Waals surface area contributed by atoms with Gasteiger partial charge < -0.3 is 35.0 Å². The Morgan fingerprint density at radius 2 is 1.38 bits per heavy atom. The van der Waals surface area contributed by atoms with Crippen molar-refractivity contribution in [3.8, 4) is 11.5 Å². The average Bonchev–Trinajstić information content (AvgIpc) is 3.64. The molecule has 0 spiro atoms. The van der Waals surface area contributed by atoms with Crippen molar-refractivity contribution >= 4 is 29.4 Å². The number of esters is 1. The minimum Gasteiger partial charge on any atom is -0.497 e. The van der Waals surface area contributed by atoms with E-state index in [1.165, 1.54) is 29.6 Å². The lowest BCUT2D eigenvalue weighted by atomic mass is 10.0. The molecule has 4 aromatic rings. The molecule has 2 heterocycles. The quantitative estimate of drug-likeness (QED) is 0.128. The van der Waals surface area contributed by atoms with E-state index in [9.17, 15) is 24.5 Å². The van der Waals surface area contributed by atoms with E-state index < -0.39 is 40.5 Å². The minimum absolute atomic E-state index is 0.0566. The zero-order chi connectivity index (χ0) is 32.7. The van der Waals surface area contributed by atoms with Gasteiger partial charge in [0.05, 0.1) is 45.6 Å². The molecule has 0 fully saturated rings. The van der Waals surface area contributed by atoms with Crippen LogP contribution in [0, 0.1) is 16.0 Å². The number of rotatable bonds is 13. The van der Waals surface area contributed by atoms with E-state index in [0.29, 0.717) is 17.1 Å². The van der Waals surface area contributed by atoms with E-state index in [0.717, 1.165) is 11.6 Å². The van der Waals surface area contributed by atoms with Gasteiger partial charge in [-0.25, -0.2) is 4.79 Å². The van der Waals surface area contributed by atoms with Crippen molar-refractivity contribution in [3.63, 3.8) is 0 Å². The van der Waals surface area contributed by atoms with Crippen LogP contribution in [0.15, 0.2) is 60.7 Å². The predicted octanol–water partition coefficient (Wildman–Crippen LogP) is 3.28. The molecule has 2 N–H and O–H groups in total. The summed E-state index contributed by atoms with van der Waals surface area (Å²) in [5.41, 5.74) is 1.53. The Balaban J connectivity index is 1.54. The molecule has 1 atom stereocenters. The summed E-state index contributed by atoms with van der Waals surface area (Å²) in [6.45, 7) is 3.71. The van der Waals surface area contributed by atoms with Gasteiger partial charge in [0.25, 0.3) is 5.91 Å². The summed E-state index contributed by atoms with van der Waals surface area (Å²) in [5, 5.41) is 25.1. The maximum atomic E-state index is 13.4. The third kappa shape index (κ3) is 7.81. The second-order valence-corrected chi connectivity index (χ2v) is 10.2. The van der Waals surface area contributed by atoms with Crippen LogP contribution in [-0.4, -0.2) is 69.6 Å². The van der Waals surface area contributed by atoms with Crippen molar-refractivity contribution in [2.24, 2.45) is 5.92 Å². The maximum Gasteiger partial charge on any atom is 0.390 e. The highest BCUT2D eigenvalue weighted by Gasteiger charge is 2.30. The van der Waals surface area contributed by atoms with Gasteiger partial charge >= 0.3 is 11.8 Å². The van der Waals surface area contributed by atoms with Crippen LogP contribution in [0.3, 0.4) is 0 Å². The van der Waals surface area contributed by atoms with E-state index in [-0.39, 0.29) is 30.3 Å². The molecular formula is C30H33N7O8. The molecule has 0 saturated carbocycles. The van der Waals surface area contributed by atoms with Gasteiger partial charge in [0, 0.05) is 6.07 Å². The van der Waals surface area contributed by atoms with Gasteiger partial charge in [-0.05, 0) is 46.2 Å². The lowest BCUT2D eigenvalue weighted by Gasteiger charge is -2.21. The largest absolute Gasteiger partial charge is 0.497 e. The van der Waals surface area contributed by atoms with E-state index in [2.05, 4.69) is 20.8 Å². The second kappa shape index (κ2) is 14.2. The van der Waals surface area contributed by atoms with Crippen molar-refractivity contribution in [1.82, 2.24) is 24.9 Å². The van der Waals surface area contributed by atoms with E-state index >= 15 is 0 Å². The van der Waals surface area contributed by atoms with Crippen LogP contribution in [0.2, 0.25) is 0 Å². The smallest absolute Gasteiger partial charge is 0.390 e. The fourth-order valence-electron chi connectivity index (χ4n) is 4.42. The highest BCUT2D eigenvalue weighted by Crippen LogP contribution is 2.19. The maximum absolute atomic E-state index is 13.4. The number of carbonyl (C=O) groups excluding carboxylic acids is 3. The fourth-order valence-corrected chi connectivity index (χ4v) is 4.42. The molecule has 4 rings (SSSR count). The Morgan fingerprint density at radius 1 is 0.844 bits per heavy atom. The van der Waals surface area contributed by atoms with Crippen molar-refractivity contribution in [1.29, 1.82) is 0 Å². The van der Waals surface area contributed by atoms with Crippen LogP contribution < -0.4 is 20.1 Å². The van der Waals surface area contributed by atoms with Gasteiger partial charge in [0.15, 0.2) is 11.5 Å². The van der Waals surface area contributed by atoms with Gasteiger partial charge in [-0.1, -0.05) is 38.1 Å². The standard InChI is InChI=1S/C30H33N7O8/c1-18(2)27(32-28(38)23-15-26(37(41)42)34-35(23)16-19-6-10-21(43-3)11-7-19)29(39)31-25-14-24(30(40)45-5)36(33-25)17-20-8-12-22(44-4)13-9-20/h6-15,18,27H,16-17H2,1-5H3,(H,32,38)(H,31,33,39). The van der Waals surface area contributed by atoms with Crippen LogP contribution >= 0.6 is 0 Å². The van der Waals surface area contributed by atoms with E-state index in [4.69, 9.17) is 14.2 Å². The molecule has 15 nitrogen and oxygen atoms in total. The SMILES string of the molecule is COC(=O)c1cc(NC(=O)C(NC(=O)c2cc([N+](=O)[O-])nn2Cc2ccc(OC)cc2)C(C)C)nn1Cc1ccc(OC)cc1. The Bertz CT molecular complexity index is 1680. The number of nitrogens with one attached hydrogen (secondary N) is 2. The Hall–Kier alpha value is -5.73. The monoisotopic (exact) mass is 619 g/mol. The van der Waals surface area contributed by atoms with Gasteiger partial charge in [0.1, 0.15) is 23.2 Å². The summed E-state index contributed by atoms with van der Waals surface area (Å²) < 4.78 is 17.8. The number of nitrogens with zero attached hydrogens (tertiary/aromatic N) is 5. The molecule has 45 heavy (non-hydrogen) atoms. The first-order valence-electron chi connectivity index (χ1n) is 13.8. The Morgan fingerprint density at radius 3 is 1.84 bits per heavy atom. The van der Waals surface area contributed by atoms with Crippen molar-refractivity contribution < 1.29 is 33.5 Å². The summed E-state index contributed by atoms with van der Waals surface area (Å²) in [4.78, 5) is 50.1. The fraction of sp³-hybridized carbons (Fsp3) is 0.300. The zero-order valence-electron chi connectivity index (χ0n) is 25.3. The molecule has 2 amide bonds. The lowest BCUT2D eigenvalue weighted by Crippen LogP contribution is -2.47. The Labute approximate surface area is 258 Å². The lowest BCUT2D eigenvalue weighted by molar-refractivity contribution is -0.389. The highest BCUT2D eigenvalue weighted by atomic mass is 16.6. The first-order chi connectivity index (χ1) is 21.5. The topological polar surface area (TPSA) is 182 Å². The molecule has 236 valence electrons. The number of hydrogen-bond donors (Lipinski definition) is 2. The first kappa shape index (κ1) is 32.2. The normalized spacial score (nSPS) is 11.5. The summed E-state index contributed by atoms with van der Waals surface area (Å²) in [7, 11) is 4.32. The third-order valence-electron chi connectivity index (χ3n) is 6.83. The summed E-state index contributed by atoms with van der Waals surface area (Å²) in [6, 6.07) is 15.4. The van der Waals surface area contributed by atoms with Gasteiger partial charge in [-0.3, -0.25) is 14.3 Å². The number of anilines is 1. The number of amides is 2. The molecule has 0 aliphatic rings. The molecule has 1 unspecified atom stereocenters. The molecule has 0 radical (unpaired) electrons. The Kier molecular flexibility index (Phi) is 10.1. The van der Waals surface area contributed by atoms with Crippen molar-refractivity contribution in [3.05, 3.63) is 93.3 Å². The summed E-state index contributed by atoms with van der Waals surface area (Å²) in [6.07, 6.45) is 0. The predicted molar refractivity (Wildman–Crippen MR) is 161 cm³/mol. The molecule has 0 aliphatic carbocycles. The van der Waals surface area contributed by atoms with E-state index in [1.807, 2.05) is 12.1 Å². The number of ether oxygens (including phenoxy) is 3. The number of benzene rings is 2. The molecule has 0 saturated heterocycles. The molecule has 2 aromatic heterocycles. The number of carbonyl (C=O) groups is 3. The second-order valence-electron chi connectivity index (χ2n) is 10.2. The van der Waals surface area contributed by atoms with Crippen molar-refractivity contribution in [2.75, 3.05) is 26.6 Å². The molecule has 2 aromatic carbocycles. The molecule has 0 aliphatic heterocycles. The van der Waals surface area contributed by atoms with E-state index in [1.54, 1.807) is 57.4 Å². The van der Waals surface area contributed by atoms with Gasteiger partial charge in [0.2, 0.25) is 5.91 Å². The first-order valence-corrected chi connectivity index (χ1v) is 13.8. The minimum atomic E-state index is -1.07. The van der Waals surface area contributed by atoms with Crippen LogP contribution in [0.4, 0.5) is 11.6 Å². The summed E-state index contributed by atoms with van der Waals surface area (Å²) in [5.74, 6) is -1.57. The summed E-state index contributed by atoms with van der Waals surface area (Å²) >= 11 is 0. The molecule has 15 heteroatoms. The van der Waals surface area contributed by atoms with Crippen LogP contribution in [0.1, 0.15) is 46.0 Å². The van der Waals surface area contributed by atoms with Crippen LogP contribution in [0.5, 0.6) is 11.5 Å².